The first-order valence-corrected chi connectivity index (χ1v) is 9.48. The Morgan fingerprint density at radius 2 is 1.42 bits per heavy atom. The first kappa shape index (κ1) is 23.7. The van der Waals surface area contributed by atoms with Crippen LogP contribution < -0.4 is 4.90 Å². The Kier molecular flexibility index (Phi) is 11.1. The molecular weight excluding hydrogens is 314 g/mol. The molecule has 0 N–H and O–H groups in total. The minimum Gasteiger partial charge on any atom is -0.364 e. The quantitative estimate of drug-likeness (QED) is 0.504. The molecule has 0 radical (unpaired) electrons. The van der Waals surface area contributed by atoms with Gasteiger partial charge in [-0.15, -0.1) is 13.2 Å². The molecule has 0 spiro atoms. The number of hydrogen-bond acceptors (Lipinski definition) is 1. The van der Waals surface area contributed by atoms with Crippen molar-refractivity contribution in [2.24, 2.45) is 0 Å². The fourth-order valence-electron chi connectivity index (χ4n) is 2.67. The van der Waals surface area contributed by atoms with Crippen molar-refractivity contribution in [1.29, 1.82) is 0 Å². The van der Waals surface area contributed by atoms with E-state index in [4.69, 9.17) is 0 Å². The molecule has 0 amide bonds. The predicted molar refractivity (Wildman–Crippen MR) is 121 cm³/mol. The number of hydrogen-bond donors (Lipinski definition) is 0. The molecule has 0 saturated carbocycles. The largest absolute Gasteiger partial charge is 0.364 e. The smallest absolute Gasteiger partial charge is 0.0447 e. The minimum absolute atomic E-state index is 0.433. The molecule has 2 aromatic rings. The highest BCUT2D eigenvalue weighted by atomic mass is 15.2. The lowest BCUT2D eigenvalue weighted by Crippen LogP contribution is -2.30. The summed E-state index contributed by atoms with van der Waals surface area (Å²) in [5.41, 5.74) is 7.77. The summed E-state index contributed by atoms with van der Waals surface area (Å²) in [7, 11) is 0. The zero-order chi connectivity index (χ0) is 20.3. The van der Waals surface area contributed by atoms with E-state index in [1.165, 1.54) is 33.5 Å². The number of nitrogens with zero attached hydrogens (tertiary/aromatic N) is 1. The monoisotopic (exact) mass is 351 g/mol. The Morgan fingerprint density at radius 1 is 0.923 bits per heavy atom. The van der Waals surface area contributed by atoms with Gasteiger partial charge in [0.2, 0.25) is 0 Å². The van der Waals surface area contributed by atoms with Crippen LogP contribution in [0, 0.1) is 20.8 Å². The van der Waals surface area contributed by atoms with Crippen LogP contribution in [0.15, 0.2) is 56.1 Å². The molecule has 142 valence electrons. The summed E-state index contributed by atoms with van der Waals surface area (Å²) >= 11 is 0. The summed E-state index contributed by atoms with van der Waals surface area (Å²) in [5, 5.41) is 0. The first-order valence-electron chi connectivity index (χ1n) is 9.48. The molecule has 0 aliphatic carbocycles. The normalized spacial score (nSPS) is 9.54. The van der Waals surface area contributed by atoms with Crippen LogP contribution in [-0.2, 0) is 6.54 Å². The van der Waals surface area contributed by atoms with Crippen molar-refractivity contribution in [3.8, 4) is 0 Å². The van der Waals surface area contributed by atoms with E-state index < -0.39 is 0 Å². The Labute approximate surface area is 162 Å². The SMILES string of the molecule is C=C.C=Cc1cc(C)c(C)cc1N(Cc1ccc(C)cc1)C(C)C.CC. The van der Waals surface area contributed by atoms with Gasteiger partial charge in [-0.1, -0.05) is 56.3 Å². The maximum Gasteiger partial charge on any atom is 0.0447 e. The maximum atomic E-state index is 4.00. The Bertz CT molecular complexity index is 665. The Hall–Kier alpha value is -2.28. The van der Waals surface area contributed by atoms with Gasteiger partial charge in [-0.05, 0) is 69.0 Å². The number of rotatable bonds is 5. The Balaban J connectivity index is 0.00000146. The molecule has 0 aliphatic rings. The van der Waals surface area contributed by atoms with Gasteiger partial charge in [-0.3, -0.25) is 0 Å². The lowest BCUT2D eigenvalue weighted by atomic mass is 10.0. The summed E-state index contributed by atoms with van der Waals surface area (Å²) < 4.78 is 0. The van der Waals surface area contributed by atoms with Crippen LogP contribution in [0.4, 0.5) is 5.69 Å². The van der Waals surface area contributed by atoms with Gasteiger partial charge in [0, 0.05) is 18.3 Å². The molecule has 0 unspecified atom stereocenters. The zero-order valence-corrected chi connectivity index (χ0v) is 17.9. The summed E-state index contributed by atoms with van der Waals surface area (Å²) in [6.07, 6.45) is 1.96. The van der Waals surface area contributed by atoms with Crippen molar-refractivity contribution in [2.75, 3.05) is 4.90 Å². The van der Waals surface area contributed by atoms with Crippen LogP contribution in [0.5, 0.6) is 0 Å². The topological polar surface area (TPSA) is 3.24 Å². The minimum atomic E-state index is 0.433. The highest BCUT2D eigenvalue weighted by molar-refractivity contribution is 5.69. The molecule has 0 aromatic heterocycles. The second kappa shape index (κ2) is 12.1. The molecule has 2 rings (SSSR count). The van der Waals surface area contributed by atoms with Crippen molar-refractivity contribution < 1.29 is 0 Å². The third kappa shape index (κ3) is 6.55. The third-order valence-electron chi connectivity index (χ3n) is 4.27. The van der Waals surface area contributed by atoms with Gasteiger partial charge in [0.25, 0.3) is 0 Å². The van der Waals surface area contributed by atoms with Crippen LogP contribution in [-0.4, -0.2) is 6.04 Å². The first-order chi connectivity index (χ1) is 12.4. The lowest BCUT2D eigenvalue weighted by molar-refractivity contribution is 0.681. The van der Waals surface area contributed by atoms with Crippen LogP contribution in [0.2, 0.25) is 0 Å². The van der Waals surface area contributed by atoms with E-state index in [1.807, 2.05) is 19.9 Å². The zero-order valence-electron chi connectivity index (χ0n) is 17.9. The van der Waals surface area contributed by atoms with E-state index in [1.54, 1.807) is 0 Å². The molecule has 0 aliphatic heterocycles. The number of benzene rings is 2. The van der Waals surface area contributed by atoms with E-state index in [0.29, 0.717) is 6.04 Å². The average Bonchev–Trinajstić information content (AvgIpc) is 2.66. The fraction of sp³-hybridized carbons (Fsp3) is 0.360. The molecule has 0 heterocycles. The van der Waals surface area contributed by atoms with Gasteiger partial charge in [0.05, 0.1) is 0 Å². The van der Waals surface area contributed by atoms with E-state index in [2.05, 4.69) is 95.7 Å². The molecular formula is C25H37N. The van der Waals surface area contributed by atoms with Gasteiger partial charge in [0.1, 0.15) is 0 Å². The predicted octanol–water partition coefficient (Wildman–Crippen LogP) is 7.50. The van der Waals surface area contributed by atoms with E-state index in [-0.39, 0.29) is 0 Å². The van der Waals surface area contributed by atoms with Gasteiger partial charge >= 0.3 is 0 Å². The highest BCUT2D eigenvalue weighted by Gasteiger charge is 2.15. The molecule has 1 nitrogen and oxygen atoms in total. The number of aryl methyl sites for hydroxylation is 3. The number of anilines is 1. The van der Waals surface area contributed by atoms with Crippen LogP contribution in [0.25, 0.3) is 6.08 Å². The van der Waals surface area contributed by atoms with Crippen molar-refractivity contribution in [1.82, 2.24) is 0 Å². The second-order valence-corrected chi connectivity index (χ2v) is 6.41. The Morgan fingerprint density at radius 3 is 1.88 bits per heavy atom. The van der Waals surface area contributed by atoms with E-state index in [0.717, 1.165) is 6.54 Å². The molecule has 0 saturated heterocycles. The van der Waals surface area contributed by atoms with Crippen molar-refractivity contribution in [3.05, 3.63) is 84.0 Å². The third-order valence-corrected chi connectivity index (χ3v) is 4.27. The molecule has 0 bridgehead atoms. The van der Waals surface area contributed by atoms with Gasteiger partial charge < -0.3 is 4.90 Å². The fourth-order valence-corrected chi connectivity index (χ4v) is 2.67. The van der Waals surface area contributed by atoms with Crippen molar-refractivity contribution in [3.63, 3.8) is 0 Å². The van der Waals surface area contributed by atoms with Crippen LogP contribution in [0.3, 0.4) is 0 Å². The lowest BCUT2D eigenvalue weighted by Gasteiger charge is -2.31. The molecule has 26 heavy (non-hydrogen) atoms. The molecule has 1 heteroatoms. The highest BCUT2D eigenvalue weighted by Crippen LogP contribution is 2.29. The summed E-state index contributed by atoms with van der Waals surface area (Å²) in [6, 6.07) is 13.8. The summed E-state index contributed by atoms with van der Waals surface area (Å²) in [5.74, 6) is 0. The molecule has 2 aromatic carbocycles. The second-order valence-electron chi connectivity index (χ2n) is 6.41. The van der Waals surface area contributed by atoms with Gasteiger partial charge in [0.15, 0.2) is 0 Å². The standard InChI is InChI=1S/C21H27N.C2H6.C2H4/c1-7-20-12-17(5)18(6)13-21(20)22(15(2)3)14-19-10-8-16(4)9-11-19;2*1-2/h7-13,15H,1,14H2,2-6H3;1-2H3;1-2H2. The van der Waals surface area contributed by atoms with Crippen LogP contribution >= 0.6 is 0 Å². The molecule has 0 fully saturated rings. The van der Waals surface area contributed by atoms with E-state index >= 15 is 0 Å². The summed E-state index contributed by atoms with van der Waals surface area (Å²) in [6.45, 7) is 25.9. The molecule has 0 atom stereocenters. The van der Waals surface area contributed by atoms with Gasteiger partial charge in [-0.25, -0.2) is 0 Å². The average molecular weight is 352 g/mol. The van der Waals surface area contributed by atoms with Crippen molar-refractivity contribution >= 4 is 11.8 Å². The van der Waals surface area contributed by atoms with Crippen LogP contribution in [0.1, 0.15) is 55.5 Å². The van der Waals surface area contributed by atoms with Gasteiger partial charge in [-0.2, -0.15) is 0 Å². The maximum absolute atomic E-state index is 4.00. The van der Waals surface area contributed by atoms with Crippen molar-refractivity contribution in [2.45, 2.75) is 61.1 Å². The summed E-state index contributed by atoms with van der Waals surface area (Å²) in [4.78, 5) is 2.45. The van der Waals surface area contributed by atoms with E-state index in [9.17, 15) is 0 Å².